The van der Waals surface area contributed by atoms with E-state index in [0.717, 1.165) is 30.7 Å². The van der Waals surface area contributed by atoms with Crippen LogP contribution in [0.2, 0.25) is 0 Å². The molecule has 29 heavy (non-hydrogen) atoms. The SMILES string of the molecule is COc1ccc2c(c1)C(NCc1cc(C(F)(F)F)cc(S(C)(=O)=O)c1)CCCO2. The molecule has 9 heteroatoms. The van der Waals surface area contributed by atoms with E-state index in [1.54, 1.807) is 19.2 Å². The monoisotopic (exact) mass is 429 g/mol. The summed E-state index contributed by atoms with van der Waals surface area (Å²) in [6.45, 7) is 0.618. The third-order valence-electron chi connectivity index (χ3n) is 4.76. The molecule has 5 nitrogen and oxygen atoms in total. The van der Waals surface area contributed by atoms with Crippen molar-refractivity contribution < 1.29 is 31.1 Å². The van der Waals surface area contributed by atoms with Crippen molar-refractivity contribution >= 4 is 9.84 Å². The Morgan fingerprint density at radius 3 is 2.62 bits per heavy atom. The quantitative estimate of drug-likeness (QED) is 0.775. The van der Waals surface area contributed by atoms with Gasteiger partial charge in [0.05, 0.1) is 24.2 Å². The summed E-state index contributed by atoms with van der Waals surface area (Å²) < 4.78 is 74.3. The van der Waals surface area contributed by atoms with Gasteiger partial charge in [-0.15, -0.1) is 0 Å². The Balaban J connectivity index is 1.90. The number of rotatable bonds is 5. The van der Waals surface area contributed by atoms with Gasteiger partial charge in [-0.1, -0.05) is 0 Å². The summed E-state index contributed by atoms with van der Waals surface area (Å²) in [5.74, 6) is 1.35. The molecule has 1 N–H and O–H groups in total. The van der Waals surface area contributed by atoms with Crippen LogP contribution in [0.15, 0.2) is 41.3 Å². The number of methoxy groups -OCH3 is 1. The van der Waals surface area contributed by atoms with Crippen molar-refractivity contribution in [2.24, 2.45) is 0 Å². The van der Waals surface area contributed by atoms with E-state index in [4.69, 9.17) is 9.47 Å². The van der Waals surface area contributed by atoms with E-state index in [-0.39, 0.29) is 23.0 Å². The Morgan fingerprint density at radius 2 is 1.97 bits per heavy atom. The minimum Gasteiger partial charge on any atom is -0.497 e. The molecule has 0 aromatic heterocycles. The molecule has 0 aliphatic carbocycles. The molecule has 3 rings (SSSR count). The number of hydrogen-bond donors (Lipinski definition) is 1. The lowest BCUT2D eigenvalue weighted by molar-refractivity contribution is -0.137. The van der Waals surface area contributed by atoms with Crippen molar-refractivity contribution in [3.05, 3.63) is 53.1 Å². The van der Waals surface area contributed by atoms with Gasteiger partial charge in [0.1, 0.15) is 11.5 Å². The molecule has 0 fully saturated rings. The van der Waals surface area contributed by atoms with Crippen LogP contribution in [-0.2, 0) is 22.6 Å². The van der Waals surface area contributed by atoms with Crippen LogP contribution in [0.1, 0.15) is 35.6 Å². The van der Waals surface area contributed by atoms with Gasteiger partial charge < -0.3 is 14.8 Å². The van der Waals surface area contributed by atoms with E-state index in [9.17, 15) is 21.6 Å². The maximum Gasteiger partial charge on any atom is 0.416 e. The van der Waals surface area contributed by atoms with E-state index in [1.165, 1.54) is 6.07 Å². The molecule has 158 valence electrons. The molecule has 0 bridgehead atoms. The van der Waals surface area contributed by atoms with Crippen LogP contribution < -0.4 is 14.8 Å². The van der Waals surface area contributed by atoms with Gasteiger partial charge in [0.2, 0.25) is 0 Å². The Labute approximate surface area is 167 Å². The fourth-order valence-corrected chi connectivity index (χ4v) is 3.98. The van der Waals surface area contributed by atoms with Crippen LogP contribution in [0, 0.1) is 0 Å². The molecule has 0 saturated heterocycles. The second-order valence-corrected chi connectivity index (χ2v) is 8.98. The zero-order chi connectivity index (χ0) is 21.2. The highest BCUT2D eigenvalue weighted by atomic mass is 32.2. The normalized spacial score (nSPS) is 17.2. The van der Waals surface area contributed by atoms with Gasteiger partial charge in [-0.3, -0.25) is 0 Å². The van der Waals surface area contributed by atoms with Crippen LogP contribution >= 0.6 is 0 Å². The third kappa shape index (κ3) is 5.22. The predicted octanol–water partition coefficient (Wildman–Crippen LogP) is 4.12. The van der Waals surface area contributed by atoms with E-state index in [2.05, 4.69) is 5.32 Å². The average molecular weight is 429 g/mol. The number of hydrogen-bond acceptors (Lipinski definition) is 5. The van der Waals surface area contributed by atoms with Gasteiger partial charge >= 0.3 is 6.18 Å². The number of sulfone groups is 1. The van der Waals surface area contributed by atoms with Crippen LogP contribution in [-0.4, -0.2) is 28.4 Å². The first kappa shape index (κ1) is 21.4. The summed E-state index contributed by atoms with van der Waals surface area (Å²) >= 11 is 0. The van der Waals surface area contributed by atoms with Crippen molar-refractivity contribution in [2.45, 2.75) is 36.5 Å². The topological polar surface area (TPSA) is 64.6 Å². The highest BCUT2D eigenvalue weighted by molar-refractivity contribution is 7.90. The molecule has 1 aliphatic heterocycles. The number of nitrogens with one attached hydrogen (secondary N) is 1. The second kappa shape index (κ2) is 8.23. The van der Waals surface area contributed by atoms with Gasteiger partial charge in [0.15, 0.2) is 9.84 Å². The van der Waals surface area contributed by atoms with Gasteiger partial charge in [0, 0.05) is 24.4 Å². The summed E-state index contributed by atoms with van der Waals surface area (Å²) in [6.07, 6.45) is -2.25. The fraction of sp³-hybridized carbons (Fsp3) is 0.400. The predicted molar refractivity (Wildman–Crippen MR) is 102 cm³/mol. The summed E-state index contributed by atoms with van der Waals surface area (Å²) in [6, 6.07) is 8.18. The van der Waals surface area contributed by atoms with E-state index < -0.39 is 21.6 Å². The number of halogens is 3. The molecule has 0 radical (unpaired) electrons. The van der Waals surface area contributed by atoms with Crippen LogP contribution in [0.4, 0.5) is 13.2 Å². The summed E-state index contributed by atoms with van der Waals surface area (Å²) in [5.41, 5.74) is 0.121. The second-order valence-electron chi connectivity index (χ2n) is 6.96. The Hall–Kier alpha value is -2.26. The maximum atomic E-state index is 13.2. The highest BCUT2D eigenvalue weighted by Crippen LogP contribution is 2.35. The van der Waals surface area contributed by atoms with Gasteiger partial charge in [0.25, 0.3) is 0 Å². The molecular formula is C20H22F3NO4S. The lowest BCUT2D eigenvalue weighted by Gasteiger charge is -2.20. The minimum atomic E-state index is -4.63. The van der Waals surface area contributed by atoms with Crippen LogP contribution in [0.25, 0.3) is 0 Å². The molecule has 1 unspecified atom stereocenters. The summed E-state index contributed by atoms with van der Waals surface area (Å²) in [4.78, 5) is -0.351. The molecular weight excluding hydrogens is 407 g/mol. The fourth-order valence-electron chi connectivity index (χ4n) is 3.28. The average Bonchev–Trinajstić information content (AvgIpc) is 2.86. The maximum absolute atomic E-state index is 13.2. The minimum absolute atomic E-state index is 0.0771. The van der Waals surface area contributed by atoms with Crippen molar-refractivity contribution in [1.29, 1.82) is 0 Å². The largest absolute Gasteiger partial charge is 0.497 e. The standard InChI is InChI=1S/C20H22F3NO4S/c1-27-15-5-6-19-17(11-15)18(4-3-7-28-19)24-12-13-8-14(20(21,22)23)10-16(9-13)29(2,25)26/h5-6,8-11,18,24H,3-4,7,12H2,1-2H3. The number of benzene rings is 2. The zero-order valence-electron chi connectivity index (χ0n) is 16.0. The van der Waals surface area contributed by atoms with Crippen molar-refractivity contribution in [2.75, 3.05) is 20.0 Å². The first-order chi connectivity index (χ1) is 13.6. The van der Waals surface area contributed by atoms with Crippen molar-refractivity contribution in [3.8, 4) is 11.5 Å². The lowest BCUT2D eigenvalue weighted by Crippen LogP contribution is -2.21. The molecule has 0 spiro atoms. The van der Waals surface area contributed by atoms with Crippen molar-refractivity contribution in [1.82, 2.24) is 5.32 Å². The Morgan fingerprint density at radius 1 is 1.21 bits per heavy atom. The zero-order valence-corrected chi connectivity index (χ0v) is 16.9. The third-order valence-corrected chi connectivity index (χ3v) is 5.85. The molecule has 2 aromatic rings. The Bertz CT molecular complexity index is 990. The molecule has 1 heterocycles. The number of alkyl halides is 3. The van der Waals surface area contributed by atoms with E-state index >= 15 is 0 Å². The molecule has 0 amide bonds. The van der Waals surface area contributed by atoms with Crippen LogP contribution in [0.3, 0.4) is 0 Å². The number of ether oxygens (including phenoxy) is 2. The molecule has 0 saturated carbocycles. The van der Waals surface area contributed by atoms with Crippen LogP contribution in [0.5, 0.6) is 11.5 Å². The number of fused-ring (bicyclic) bond motifs is 1. The van der Waals surface area contributed by atoms with Gasteiger partial charge in [-0.25, -0.2) is 8.42 Å². The molecule has 1 aliphatic rings. The summed E-state index contributed by atoms with van der Waals surface area (Å²) in [7, 11) is -2.23. The first-order valence-electron chi connectivity index (χ1n) is 9.03. The summed E-state index contributed by atoms with van der Waals surface area (Å²) in [5, 5.41) is 3.24. The van der Waals surface area contributed by atoms with E-state index in [1.807, 2.05) is 6.07 Å². The molecule has 2 aromatic carbocycles. The van der Waals surface area contributed by atoms with Crippen molar-refractivity contribution in [3.63, 3.8) is 0 Å². The molecule has 1 atom stereocenters. The smallest absolute Gasteiger partial charge is 0.416 e. The Kier molecular flexibility index (Phi) is 6.09. The lowest BCUT2D eigenvalue weighted by atomic mass is 10.0. The van der Waals surface area contributed by atoms with E-state index in [0.29, 0.717) is 24.2 Å². The van der Waals surface area contributed by atoms with Gasteiger partial charge in [-0.2, -0.15) is 13.2 Å². The first-order valence-corrected chi connectivity index (χ1v) is 10.9. The van der Waals surface area contributed by atoms with Gasteiger partial charge in [-0.05, 0) is 54.8 Å². The highest BCUT2D eigenvalue weighted by Gasteiger charge is 2.32.